The first-order chi connectivity index (χ1) is 7.41. The number of piperidine rings is 1. The number of likely N-dealkylation sites (tertiary alicyclic amines) is 1. The lowest BCUT2D eigenvalue weighted by atomic mass is 9.83. The molecule has 3 atom stereocenters. The van der Waals surface area contributed by atoms with E-state index in [0.29, 0.717) is 17.5 Å². The van der Waals surface area contributed by atoms with E-state index in [4.69, 9.17) is 0 Å². The molecule has 0 amide bonds. The molecule has 1 aliphatic heterocycles. The highest BCUT2D eigenvalue weighted by molar-refractivity contribution is 4.89. The van der Waals surface area contributed by atoms with Crippen LogP contribution in [-0.4, -0.2) is 37.1 Å². The zero-order valence-corrected chi connectivity index (χ0v) is 12.0. The van der Waals surface area contributed by atoms with Crippen LogP contribution in [0.3, 0.4) is 0 Å². The Hall–Kier alpha value is -0.0800. The highest BCUT2D eigenvalue weighted by atomic mass is 15.2. The summed E-state index contributed by atoms with van der Waals surface area (Å²) in [5, 5.41) is 3.45. The first-order valence-electron chi connectivity index (χ1n) is 6.82. The molecule has 1 fully saturated rings. The molecule has 1 aliphatic rings. The maximum absolute atomic E-state index is 3.45. The fourth-order valence-corrected chi connectivity index (χ4v) is 2.73. The molecule has 3 unspecified atom stereocenters. The van der Waals surface area contributed by atoms with Gasteiger partial charge >= 0.3 is 0 Å². The molecule has 0 aliphatic carbocycles. The summed E-state index contributed by atoms with van der Waals surface area (Å²) >= 11 is 0. The molecule has 0 aromatic carbocycles. The predicted molar refractivity (Wildman–Crippen MR) is 71.7 cm³/mol. The van der Waals surface area contributed by atoms with E-state index in [1.807, 2.05) is 0 Å². The molecule has 16 heavy (non-hydrogen) atoms. The topological polar surface area (TPSA) is 15.3 Å². The molecule has 96 valence electrons. The van der Waals surface area contributed by atoms with E-state index < -0.39 is 0 Å². The van der Waals surface area contributed by atoms with Crippen molar-refractivity contribution in [1.82, 2.24) is 10.2 Å². The van der Waals surface area contributed by atoms with Gasteiger partial charge in [-0.2, -0.15) is 0 Å². The van der Waals surface area contributed by atoms with Crippen LogP contribution in [0.1, 0.15) is 47.5 Å². The average molecular weight is 226 g/mol. The lowest BCUT2D eigenvalue weighted by molar-refractivity contribution is 0.0526. The van der Waals surface area contributed by atoms with Crippen LogP contribution in [0.15, 0.2) is 0 Å². The fraction of sp³-hybridized carbons (Fsp3) is 1.00. The van der Waals surface area contributed by atoms with Crippen molar-refractivity contribution in [2.24, 2.45) is 11.3 Å². The number of nitrogens with zero attached hydrogens (tertiary/aromatic N) is 1. The van der Waals surface area contributed by atoms with E-state index >= 15 is 0 Å². The largest absolute Gasteiger partial charge is 0.317 e. The maximum Gasteiger partial charge on any atom is 0.0117 e. The standard InChI is InChI=1S/C14H30N2/c1-7-14(4,5)10-16-9-8-13(15-6)11(2)12(16)3/h11-13,15H,7-10H2,1-6H3. The summed E-state index contributed by atoms with van der Waals surface area (Å²) in [5.74, 6) is 0.756. The van der Waals surface area contributed by atoms with E-state index in [0.717, 1.165) is 5.92 Å². The van der Waals surface area contributed by atoms with Gasteiger partial charge in [0.2, 0.25) is 0 Å². The van der Waals surface area contributed by atoms with Crippen molar-refractivity contribution >= 4 is 0 Å². The zero-order chi connectivity index (χ0) is 12.3. The van der Waals surface area contributed by atoms with Gasteiger partial charge in [-0.15, -0.1) is 0 Å². The van der Waals surface area contributed by atoms with Crippen molar-refractivity contribution in [3.8, 4) is 0 Å². The molecular formula is C14H30N2. The zero-order valence-electron chi connectivity index (χ0n) is 12.0. The van der Waals surface area contributed by atoms with Gasteiger partial charge in [0.05, 0.1) is 0 Å². The van der Waals surface area contributed by atoms with Gasteiger partial charge in [-0.05, 0) is 44.7 Å². The molecular weight excluding hydrogens is 196 g/mol. The van der Waals surface area contributed by atoms with Crippen molar-refractivity contribution < 1.29 is 0 Å². The molecule has 1 heterocycles. The summed E-state index contributed by atoms with van der Waals surface area (Å²) < 4.78 is 0. The monoisotopic (exact) mass is 226 g/mol. The SMILES string of the molecule is CCC(C)(C)CN1CCC(NC)C(C)C1C. The first kappa shape index (κ1) is 14.0. The van der Waals surface area contributed by atoms with Gasteiger partial charge in [-0.1, -0.05) is 27.7 Å². The highest BCUT2D eigenvalue weighted by Gasteiger charge is 2.33. The number of hydrogen-bond acceptors (Lipinski definition) is 2. The quantitative estimate of drug-likeness (QED) is 0.793. The second kappa shape index (κ2) is 5.50. The van der Waals surface area contributed by atoms with Gasteiger partial charge in [0.1, 0.15) is 0 Å². The third kappa shape index (κ3) is 3.21. The maximum atomic E-state index is 3.45. The Morgan fingerprint density at radius 3 is 2.44 bits per heavy atom. The molecule has 0 aromatic heterocycles. The summed E-state index contributed by atoms with van der Waals surface area (Å²) in [5.41, 5.74) is 0.459. The molecule has 2 heteroatoms. The second-order valence-corrected chi connectivity index (χ2v) is 6.27. The minimum Gasteiger partial charge on any atom is -0.317 e. The molecule has 0 bridgehead atoms. The van der Waals surface area contributed by atoms with Crippen LogP contribution in [0.2, 0.25) is 0 Å². The van der Waals surface area contributed by atoms with Crippen molar-refractivity contribution in [2.45, 2.75) is 59.5 Å². The van der Waals surface area contributed by atoms with Crippen LogP contribution in [0.5, 0.6) is 0 Å². The summed E-state index contributed by atoms with van der Waals surface area (Å²) in [6, 6.07) is 1.41. The average Bonchev–Trinajstić information content (AvgIpc) is 2.25. The van der Waals surface area contributed by atoms with Gasteiger partial charge in [0.15, 0.2) is 0 Å². The summed E-state index contributed by atoms with van der Waals surface area (Å²) in [6.07, 6.45) is 2.56. The highest BCUT2D eigenvalue weighted by Crippen LogP contribution is 2.28. The molecule has 1 rings (SSSR count). The third-order valence-electron chi connectivity index (χ3n) is 4.66. The van der Waals surface area contributed by atoms with Crippen LogP contribution in [-0.2, 0) is 0 Å². The Balaban J connectivity index is 2.58. The Labute approximate surface area is 102 Å². The van der Waals surface area contributed by atoms with Crippen molar-refractivity contribution in [3.05, 3.63) is 0 Å². The molecule has 0 radical (unpaired) electrons. The van der Waals surface area contributed by atoms with Crippen LogP contribution in [0.25, 0.3) is 0 Å². The van der Waals surface area contributed by atoms with E-state index in [1.54, 1.807) is 0 Å². The smallest absolute Gasteiger partial charge is 0.0117 e. The minimum atomic E-state index is 0.459. The minimum absolute atomic E-state index is 0.459. The van der Waals surface area contributed by atoms with E-state index in [1.165, 1.54) is 25.9 Å². The molecule has 1 saturated heterocycles. The van der Waals surface area contributed by atoms with Crippen LogP contribution in [0, 0.1) is 11.3 Å². The van der Waals surface area contributed by atoms with Gasteiger partial charge in [0.25, 0.3) is 0 Å². The number of rotatable bonds is 4. The summed E-state index contributed by atoms with van der Waals surface area (Å²) in [4.78, 5) is 2.68. The molecule has 0 saturated carbocycles. The predicted octanol–water partition coefficient (Wildman–Crippen LogP) is 2.74. The first-order valence-corrected chi connectivity index (χ1v) is 6.82. The van der Waals surface area contributed by atoms with Gasteiger partial charge in [-0.25, -0.2) is 0 Å². The van der Waals surface area contributed by atoms with Gasteiger partial charge < -0.3 is 5.32 Å². The second-order valence-electron chi connectivity index (χ2n) is 6.27. The summed E-state index contributed by atoms with van der Waals surface area (Å²) in [7, 11) is 2.10. The number of hydrogen-bond donors (Lipinski definition) is 1. The Morgan fingerprint density at radius 2 is 1.94 bits per heavy atom. The van der Waals surface area contributed by atoms with E-state index in [9.17, 15) is 0 Å². The lowest BCUT2D eigenvalue weighted by Gasteiger charge is -2.45. The van der Waals surface area contributed by atoms with Crippen LogP contribution < -0.4 is 5.32 Å². The Kier molecular flexibility index (Phi) is 4.81. The molecule has 0 spiro atoms. The number of nitrogens with one attached hydrogen (secondary N) is 1. The Morgan fingerprint density at radius 1 is 1.31 bits per heavy atom. The van der Waals surface area contributed by atoms with Crippen molar-refractivity contribution in [1.29, 1.82) is 0 Å². The van der Waals surface area contributed by atoms with E-state index in [2.05, 4.69) is 51.9 Å². The van der Waals surface area contributed by atoms with Crippen LogP contribution in [0.4, 0.5) is 0 Å². The third-order valence-corrected chi connectivity index (χ3v) is 4.66. The normalized spacial score (nSPS) is 33.0. The van der Waals surface area contributed by atoms with Crippen LogP contribution >= 0.6 is 0 Å². The molecule has 0 aromatic rings. The molecule has 2 nitrogen and oxygen atoms in total. The fourth-order valence-electron chi connectivity index (χ4n) is 2.73. The lowest BCUT2D eigenvalue weighted by Crippen LogP contribution is -2.54. The van der Waals surface area contributed by atoms with Gasteiger partial charge in [-0.3, -0.25) is 4.90 Å². The van der Waals surface area contributed by atoms with Gasteiger partial charge in [0, 0.05) is 18.6 Å². The van der Waals surface area contributed by atoms with E-state index in [-0.39, 0.29) is 0 Å². The Bertz CT molecular complexity index is 213. The summed E-state index contributed by atoms with van der Waals surface area (Å²) in [6.45, 7) is 14.3. The molecule has 1 N–H and O–H groups in total. The van der Waals surface area contributed by atoms with Crippen molar-refractivity contribution in [2.75, 3.05) is 20.1 Å². The van der Waals surface area contributed by atoms with Crippen molar-refractivity contribution in [3.63, 3.8) is 0 Å².